The molecule has 0 atom stereocenters. The molecule has 5 heteroatoms. The SMILES string of the molecule is CNc1ccccc1-c1ccc(C/C=C\C=N)cc1.CO.Cc1ccc(Oc2ccccc2N)cc1. The summed E-state index contributed by atoms with van der Waals surface area (Å²) in [5.74, 6) is 1.50. The monoisotopic (exact) mass is 481 g/mol. The maximum absolute atomic E-state index is 7.00. The molecule has 0 spiro atoms. The van der Waals surface area contributed by atoms with Gasteiger partial charge in [0.25, 0.3) is 0 Å². The normalized spacial score (nSPS) is 9.89. The fourth-order valence-electron chi connectivity index (χ4n) is 3.35. The molecule has 0 unspecified atom stereocenters. The molecule has 0 aliphatic heterocycles. The third kappa shape index (κ3) is 8.78. The molecule has 0 aliphatic carbocycles. The number of ether oxygens (including phenoxy) is 1. The Bertz CT molecular complexity index is 1220. The Kier molecular flexibility index (Phi) is 12.0. The minimum atomic E-state index is 0.651. The number of allylic oxidation sites excluding steroid dienone is 2. The summed E-state index contributed by atoms with van der Waals surface area (Å²) in [6.45, 7) is 2.04. The van der Waals surface area contributed by atoms with E-state index in [2.05, 4.69) is 47.8 Å². The van der Waals surface area contributed by atoms with Crippen molar-refractivity contribution in [3.8, 4) is 22.6 Å². The van der Waals surface area contributed by atoms with Gasteiger partial charge in [-0.3, -0.25) is 0 Å². The summed E-state index contributed by atoms with van der Waals surface area (Å²) in [6.07, 6.45) is 5.91. The molecule has 0 fully saturated rings. The Morgan fingerprint density at radius 2 is 1.50 bits per heavy atom. The first-order chi connectivity index (χ1) is 17.6. The van der Waals surface area contributed by atoms with Crippen molar-refractivity contribution < 1.29 is 9.84 Å². The van der Waals surface area contributed by atoms with Crippen LogP contribution >= 0.6 is 0 Å². The summed E-state index contributed by atoms with van der Waals surface area (Å²) in [4.78, 5) is 0. The van der Waals surface area contributed by atoms with E-state index < -0.39 is 0 Å². The van der Waals surface area contributed by atoms with Crippen LogP contribution in [-0.2, 0) is 6.42 Å². The molecule has 186 valence electrons. The third-order valence-electron chi connectivity index (χ3n) is 5.22. The van der Waals surface area contributed by atoms with Gasteiger partial charge in [-0.05, 0) is 60.9 Å². The molecule has 0 amide bonds. The highest BCUT2D eigenvalue weighted by Crippen LogP contribution is 2.28. The molecule has 0 saturated carbocycles. The average Bonchev–Trinajstić information content (AvgIpc) is 2.93. The van der Waals surface area contributed by atoms with E-state index in [1.54, 1.807) is 6.08 Å². The Hall–Kier alpha value is -4.35. The molecular formula is C31H35N3O2. The minimum Gasteiger partial charge on any atom is -0.455 e. The average molecular weight is 482 g/mol. The second-order valence-electron chi connectivity index (χ2n) is 7.74. The summed E-state index contributed by atoms with van der Waals surface area (Å²) in [5, 5.41) is 17.2. The number of aliphatic hydroxyl groups excluding tert-OH is 1. The van der Waals surface area contributed by atoms with E-state index in [1.165, 1.54) is 28.5 Å². The number of nitrogen functional groups attached to an aromatic ring is 1. The molecule has 5 nitrogen and oxygen atoms in total. The number of para-hydroxylation sites is 3. The van der Waals surface area contributed by atoms with Gasteiger partial charge in [0, 0.05) is 31.6 Å². The van der Waals surface area contributed by atoms with Crippen LogP contribution in [0.1, 0.15) is 11.1 Å². The van der Waals surface area contributed by atoms with Crippen molar-refractivity contribution in [1.29, 1.82) is 5.41 Å². The predicted molar refractivity (Wildman–Crippen MR) is 153 cm³/mol. The fraction of sp³-hybridized carbons (Fsp3) is 0.129. The molecule has 4 rings (SSSR count). The Morgan fingerprint density at radius 3 is 2.14 bits per heavy atom. The van der Waals surface area contributed by atoms with Crippen LogP contribution in [0.2, 0.25) is 0 Å². The molecule has 0 aliphatic rings. The molecule has 4 aromatic rings. The van der Waals surface area contributed by atoms with E-state index in [9.17, 15) is 0 Å². The van der Waals surface area contributed by atoms with Crippen molar-refractivity contribution in [3.05, 3.63) is 120 Å². The Balaban J connectivity index is 0.000000243. The van der Waals surface area contributed by atoms with Gasteiger partial charge in [0.1, 0.15) is 11.5 Å². The smallest absolute Gasteiger partial charge is 0.150 e. The summed E-state index contributed by atoms with van der Waals surface area (Å²) < 4.78 is 5.64. The maximum Gasteiger partial charge on any atom is 0.150 e. The second-order valence-corrected chi connectivity index (χ2v) is 7.74. The van der Waals surface area contributed by atoms with Crippen LogP contribution < -0.4 is 15.8 Å². The second kappa shape index (κ2) is 15.5. The van der Waals surface area contributed by atoms with Crippen molar-refractivity contribution in [3.63, 3.8) is 0 Å². The third-order valence-corrected chi connectivity index (χ3v) is 5.22. The molecule has 0 radical (unpaired) electrons. The predicted octanol–water partition coefficient (Wildman–Crippen LogP) is 7.12. The fourth-order valence-corrected chi connectivity index (χ4v) is 3.35. The number of hydrogen-bond acceptors (Lipinski definition) is 5. The lowest BCUT2D eigenvalue weighted by molar-refractivity contribution is 0.399. The van der Waals surface area contributed by atoms with Crippen LogP contribution in [0.5, 0.6) is 11.5 Å². The van der Waals surface area contributed by atoms with Gasteiger partial charge in [-0.25, -0.2) is 0 Å². The largest absolute Gasteiger partial charge is 0.455 e. The van der Waals surface area contributed by atoms with Gasteiger partial charge in [0.15, 0.2) is 0 Å². The van der Waals surface area contributed by atoms with Crippen molar-refractivity contribution in [2.75, 3.05) is 25.2 Å². The van der Waals surface area contributed by atoms with E-state index in [1.807, 2.05) is 74.6 Å². The Labute approximate surface area is 214 Å². The Morgan fingerprint density at radius 1 is 0.861 bits per heavy atom. The molecule has 0 saturated heterocycles. The first-order valence-electron chi connectivity index (χ1n) is 11.7. The number of nitrogens with two attached hydrogens (primary N) is 1. The number of aliphatic hydroxyl groups is 1. The van der Waals surface area contributed by atoms with Crippen molar-refractivity contribution in [2.45, 2.75) is 13.3 Å². The van der Waals surface area contributed by atoms with E-state index in [-0.39, 0.29) is 0 Å². The number of hydrogen-bond donors (Lipinski definition) is 4. The van der Waals surface area contributed by atoms with E-state index >= 15 is 0 Å². The highest BCUT2D eigenvalue weighted by molar-refractivity contribution is 5.77. The lowest BCUT2D eigenvalue weighted by Gasteiger charge is -2.09. The topological polar surface area (TPSA) is 91.4 Å². The summed E-state index contributed by atoms with van der Waals surface area (Å²) >= 11 is 0. The van der Waals surface area contributed by atoms with Gasteiger partial charge >= 0.3 is 0 Å². The quantitative estimate of drug-likeness (QED) is 0.167. The zero-order chi connectivity index (χ0) is 26.2. The first-order valence-corrected chi connectivity index (χ1v) is 11.7. The van der Waals surface area contributed by atoms with Crippen LogP contribution in [0.3, 0.4) is 0 Å². The van der Waals surface area contributed by atoms with Gasteiger partial charge in [-0.2, -0.15) is 0 Å². The van der Waals surface area contributed by atoms with E-state index in [0.717, 1.165) is 25.0 Å². The summed E-state index contributed by atoms with van der Waals surface area (Å²) in [5.41, 5.74) is 12.5. The van der Waals surface area contributed by atoms with Crippen LogP contribution in [0, 0.1) is 12.3 Å². The van der Waals surface area contributed by atoms with Gasteiger partial charge in [-0.1, -0.05) is 78.4 Å². The van der Waals surface area contributed by atoms with Gasteiger partial charge in [0.05, 0.1) is 5.69 Å². The zero-order valence-electron chi connectivity index (χ0n) is 21.1. The maximum atomic E-state index is 7.00. The lowest BCUT2D eigenvalue weighted by Crippen LogP contribution is -1.91. The van der Waals surface area contributed by atoms with Crippen molar-refractivity contribution in [1.82, 2.24) is 0 Å². The number of rotatable bonds is 7. The summed E-state index contributed by atoms with van der Waals surface area (Å²) in [7, 11) is 2.94. The molecule has 36 heavy (non-hydrogen) atoms. The molecule has 4 aromatic carbocycles. The first kappa shape index (κ1) is 27.9. The van der Waals surface area contributed by atoms with Gasteiger partial charge in [0.2, 0.25) is 0 Å². The van der Waals surface area contributed by atoms with Crippen molar-refractivity contribution >= 4 is 17.6 Å². The summed E-state index contributed by atoms with van der Waals surface area (Å²) in [6, 6.07) is 32.2. The highest BCUT2D eigenvalue weighted by Gasteiger charge is 2.02. The van der Waals surface area contributed by atoms with Gasteiger partial charge < -0.3 is 26.3 Å². The zero-order valence-corrected chi connectivity index (χ0v) is 21.1. The van der Waals surface area contributed by atoms with Crippen LogP contribution in [-0.4, -0.2) is 25.5 Å². The van der Waals surface area contributed by atoms with Crippen LogP contribution in [0.4, 0.5) is 11.4 Å². The standard InChI is InChI=1S/C17H18N2.C13H13NO.CH4O/c1-19-17-8-3-2-7-16(17)15-11-9-14(10-12-15)6-4-5-13-18;1-10-6-8-11(9-7-10)15-13-5-3-2-4-12(13)14;1-2/h2-5,7-13,18-19H,6H2,1H3;2-9H,14H2,1H3;2H,1H3/b5-4-,18-13?;;. The molecular weight excluding hydrogens is 446 g/mol. The minimum absolute atomic E-state index is 0.651. The van der Waals surface area contributed by atoms with Crippen LogP contribution in [0.15, 0.2) is 109 Å². The number of benzene rings is 4. The molecule has 0 aromatic heterocycles. The molecule has 5 N–H and O–H groups in total. The number of anilines is 2. The van der Waals surface area contributed by atoms with E-state index in [4.69, 9.17) is 21.0 Å². The lowest BCUT2D eigenvalue weighted by atomic mass is 10.0. The highest BCUT2D eigenvalue weighted by atomic mass is 16.5. The number of nitrogens with one attached hydrogen (secondary N) is 2. The number of aryl methyl sites for hydroxylation is 1. The molecule has 0 heterocycles. The van der Waals surface area contributed by atoms with Crippen LogP contribution in [0.25, 0.3) is 11.1 Å². The van der Waals surface area contributed by atoms with Crippen molar-refractivity contribution in [2.24, 2.45) is 0 Å². The van der Waals surface area contributed by atoms with Gasteiger partial charge in [-0.15, -0.1) is 0 Å². The molecule has 0 bridgehead atoms. The van der Waals surface area contributed by atoms with E-state index in [0.29, 0.717) is 11.4 Å².